The van der Waals surface area contributed by atoms with Gasteiger partial charge in [-0.1, -0.05) is 19.3 Å². The standard InChI is InChI=1S/C21H24N6OS/c1-14-12-28-10-9-27(14)17-11-15(21(13-22)6-3-2-4-7-21)20-19(24-17)18(26-29-20)16-5-8-23-25-16/h5,8,11,14H,2-4,6-7,9-10,12H2,1H3,(H,23,25). The Labute approximate surface area is 173 Å². The molecular formula is C21H24N6OS. The maximum Gasteiger partial charge on any atom is 0.130 e. The first kappa shape index (κ1) is 18.5. The quantitative estimate of drug-likeness (QED) is 0.703. The van der Waals surface area contributed by atoms with Gasteiger partial charge in [0.05, 0.1) is 41.1 Å². The summed E-state index contributed by atoms with van der Waals surface area (Å²) in [4.78, 5) is 7.35. The molecule has 1 saturated heterocycles. The lowest BCUT2D eigenvalue weighted by Gasteiger charge is -2.36. The first-order valence-electron chi connectivity index (χ1n) is 10.3. The van der Waals surface area contributed by atoms with Crippen LogP contribution in [0.1, 0.15) is 44.6 Å². The van der Waals surface area contributed by atoms with Crippen LogP contribution in [0.15, 0.2) is 18.3 Å². The van der Waals surface area contributed by atoms with Gasteiger partial charge in [0.15, 0.2) is 0 Å². The fourth-order valence-corrected chi connectivity index (χ4v) is 5.59. The minimum atomic E-state index is -0.457. The number of anilines is 1. The van der Waals surface area contributed by atoms with Gasteiger partial charge in [-0.15, -0.1) is 0 Å². The number of nitrogens with one attached hydrogen (secondary N) is 1. The molecule has 5 rings (SSSR count). The molecule has 7 nitrogen and oxygen atoms in total. The molecule has 0 amide bonds. The summed E-state index contributed by atoms with van der Waals surface area (Å²) in [5, 5.41) is 17.4. The Bertz CT molecular complexity index is 1050. The molecule has 150 valence electrons. The van der Waals surface area contributed by atoms with Crippen LogP contribution in [0.5, 0.6) is 0 Å². The molecule has 8 heteroatoms. The van der Waals surface area contributed by atoms with Crippen molar-refractivity contribution in [3.8, 4) is 17.5 Å². The zero-order valence-corrected chi connectivity index (χ0v) is 17.3. The molecule has 0 radical (unpaired) electrons. The van der Waals surface area contributed by atoms with Crippen molar-refractivity contribution in [3.63, 3.8) is 0 Å². The average molecular weight is 409 g/mol. The highest BCUT2D eigenvalue weighted by molar-refractivity contribution is 7.13. The third-order valence-corrected chi connectivity index (χ3v) is 7.14. The van der Waals surface area contributed by atoms with Crippen molar-refractivity contribution in [3.05, 3.63) is 23.9 Å². The molecule has 29 heavy (non-hydrogen) atoms. The van der Waals surface area contributed by atoms with Crippen LogP contribution >= 0.6 is 11.5 Å². The topological polar surface area (TPSA) is 90.7 Å². The molecule has 1 N–H and O–H groups in total. The Kier molecular flexibility index (Phi) is 4.72. The summed E-state index contributed by atoms with van der Waals surface area (Å²) in [6.07, 6.45) is 6.91. The van der Waals surface area contributed by atoms with Crippen LogP contribution in [-0.4, -0.2) is 45.4 Å². The molecule has 1 saturated carbocycles. The van der Waals surface area contributed by atoms with Crippen LogP contribution in [0.4, 0.5) is 5.82 Å². The lowest BCUT2D eigenvalue weighted by molar-refractivity contribution is 0.0985. The van der Waals surface area contributed by atoms with Crippen molar-refractivity contribution in [2.24, 2.45) is 0 Å². The van der Waals surface area contributed by atoms with Crippen LogP contribution in [-0.2, 0) is 10.2 Å². The van der Waals surface area contributed by atoms with E-state index in [1.165, 1.54) is 18.0 Å². The van der Waals surface area contributed by atoms with Crippen molar-refractivity contribution in [2.75, 3.05) is 24.7 Å². The van der Waals surface area contributed by atoms with Gasteiger partial charge in [-0.2, -0.15) is 14.7 Å². The second-order valence-electron chi connectivity index (χ2n) is 8.08. The highest BCUT2D eigenvalue weighted by Gasteiger charge is 2.38. The van der Waals surface area contributed by atoms with Crippen LogP contribution in [0.2, 0.25) is 0 Å². The number of rotatable bonds is 3. The summed E-state index contributed by atoms with van der Waals surface area (Å²) in [5.41, 5.74) is 3.18. The zero-order valence-electron chi connectivity index (χ0n) is 16.5. The van der Waals surface area contributed by atoms with E-state index in [0.717, 1.165) is 65.2 Å². The highest BCUT2D eigenvalue weighted by atomic mass is 32.1. The number of pyridine rings is 1. The summed E-state index contributed by atoms with van der Waals surface area (Å²) < 4.78 is 11.4. The number of hydrogen-bond donors (Lipinski definition) is 1. The van der Waals surface area contributed by atoms with Crippen molar-refractivity contribution in [1.29, 1.82) is 5.26 Å². The zero-order chi connectivity index (χ0) is 19.8. The van der Waals surface area contributed by atoms with Gasteiger partial charge in [0.25, 0.3) is 0 Å². The summed E-state index contributed by atoms with van der Waals surface area (Å²) in [7, 11) is 0. The van der Waals surface area contributed by atoms with Crippen molar-refractivity contribution in [2.45, 2.75) is 50.5 Å². The third kappa shape index (κ3) is 3.09. The van der Waals surface area contributed by atoms with E-state index in [4.69, 9.17) is 14.1 Å². The van der Waals surface area contributed by atoms with Crippen LogP contribution in [0.25, 0.3) is 21.6 Å². The minimum Gasteiger partial charge on any atom is -0.377 e. The minimum absolute atomic E-state index is 0.244. The number of hydrogen-bond acceptors (Lipinski definition) is 7. The summed E-state index contributed by atoms with van der Waals surface area (Å²) in [5.74, 6) is 0.921. The number of fused-ring (bicyclic) bond motifs is 1. The summed E-state index contributed by atoms with van der Waals surface area (Å²) >= 11 is 1.45. The molecule has 2 fully saturated rings. The van der Waals surface area contributed by atoms with Gasteiger partial charge in [0, 0.05) is 12.7 Å². The van der Waals surface area contributed by atoms with Crippen molar-refractivity contribution < 1.29 is 4.74 Å². The molecule has 0 bridgehead atoms. The van der Waals surface area contributed by atoms with E-state index in [2.05, 4.69) is 34.2 Å². The van der Waals surface area contributed by atoms with Crippen LogP contribution in [0.3, 0.4) is 0 Å². The number of ether oxygens (including phenoxy) is 1. The molecule has 0 aromatic carbocycles. The second kappa shape index (κ2) is 7.39. The lowest BCUT2D eigenvalue weighted by atomic mass is 9.70. The normalized spacial score (nSPS) is 21.9. The second-order valence-corrected chi connectivity index (χ2v) is 8.85. The van der Waals surface area contributed by atoms with Crippen LogP contribution in [0, 0.1) is 11.3 Å². The molecule has 2 aliphatic rings. The molecule has 3 aromatic rings. The predicted molar refractivity (Wildman–Crippen MR) is 113 cm³/mol. The van der Waals surface area contributed by atoms with Gasteiger partial charge < -0.3 is 9.64 Å². The third-order valence-electron chi connectivity index (χ3n) is 6.27. The number of nitrogens with zero attached hydrogens (tertiary/aromatic N) is 5. The van der Waals surface area contributed by atoms with Gasteiger partial charge in [-0.3, -0.25) is 5.10 Å². The maximum absolute atomic E-state index is 10.3. The van der Waals surface area contributed by atoms with Gasteiger partial charge in [0.1, 0.15) is 17.0 Å². The molecule has 1 unspecified atom stereocenters. The summed E-state index contributed by atoms with van der Waals surface area (Å²) in [6, 6.07) is 7.02. The van der Waals surface area contributed by atoms with Crippen molar-refractivity contribution >= 4 is 27.6 Å². The fourth-order valence-electron chi connectivity index (χ4n) is 4.64. The van der Waals surface area contributed by atoms with E-state index in [-0.39, 0.29) is 6.04 Å². The predicted octanol–water partition coefficient (Wildman–Crippen LogP) is 4.03. The van der Waals surface area contributed by atoms with Gasteiger partial charge >= 0.3 is 0 Å². The van der Waals surface area contributed by atoms with Crippen molar-refractivity contribution in [1.82, 2.24) is 19.6 Å². The first-order chi connectivity index (χ1) is 14.2. The van der Waals surface area contributed by atoms with Gasteiger partial charge in [-0.25, -0.2) is 4.98 Å². The Hall–Kier alpha value is -2.50. The Morgan fingerprint density at radius 2 is 2.21 bits per heavy atom. The molecule has 1 aliphatic carbocycles. The van der Waals surface area contributed by atoms with E-state index in [0.29, 0.717) is 13.2 Å². The number of nitriles is 1. The Balaban J connectivity index is 1.74. The monoisotopic (exact) mass is 408 g/mol. The van der Waals surface area contributed by atoms with Gasteiger partial charge in [-0.05, 0) is 49.0 Å². The molecular weight excluding hydrogens is 384 g/mol. The van der Waals surface area contributed by atoms with E-state index in [1.54, 1.807) is 6.20 Å². The average Bonchev–Trinajstić information content (AvgIpc) is 3.43. The molecule has 0 spiro atoms. The van der Waals surface area contributed by atoms with E-state index in [9.17, 15) is 5.26 Å². The van der Waals surface area contributed by atoms with E-state index < -0.39 is 5.41 Å². The lowest BCUT2D eigenvalue weighted by Crippen LogP contribution is -2.44. The maximum atomic E-state index is 10.3. The largest absolute Gasteiger partial charge is 0.377 e. The number of morpholine rings is 1. The van der Waals surface area contributed by atoms with E-state index in [1.807, 2.05) is 6.07 Å². The molecule has 4 heterocycles. The van der Waals surface area contributed by atoms with E-state index >= 15 is 0 Å². The number of H-pyrrole nitrogens is 1. The SMILES string of the molecule is CC1COCCN1c1cc(C2(C#N)CCCCC2)c2snc(-c3ccn[nH]3)c2n1. The fraction of sp³-hybridized carbons (Fsp3) is 0.524. The smallest absolute Gasteiger partial charge is 0.130 e. The summed E-state index contributed by atoms with van der Waals surface area (Å²) in [6.45, 7) is 4.34. The Morgan fingerprint density at radius 3 is 2.93 bits per heavy atom. The number of aromatic nitrogens is 4. The number of aromatic amines is 1. The Morgan fingerprint density at radius 1 is 1.34 bits per heavy atom. The molecule has 1 atom stereocenters. The van der Waals surface area contributed by atoms with Crippen LogP contribution < -0.4 is 4.90 Å². The van der Waals surface area contributed by atoms with Gasteiger partial charge in [0.2, 0.25) is 0 Å². The first-order valence-corrected chi connectivity index (χ1v) is 11.1. The highest BCUT2D eigenvalue weighted by Crippen LogP contribution is 2.45. The molecule has 1 aliphatic heterocycles. The molecule has 3 aromatic heterocycles.